The highest BCUT2D eigenvalue weighted by atomic mass is 16.5. The average molecular weight is 141 g/mol. The van der Waals surface area contributed by atoms with Crippen LogP contribution in [0.3, 0.4) is 0 Å². The summed E-state index contributed by atoms with van der Waals surface area (Å²) in [6.07, 6.45) is 2.57. The molecular formula is C8H15NO. The van der Waals surface area contributed by atoms with Crippen molar-refractivity contribution in [2.45, 2.75) is 25.4 Å². The van der Waals surface area contributed by atoms with Crippen molar-refractivity contribution in [2.24, 2.45) is 5.92 Å². The molecule has 2 unspecified atom stereocenters. The number of hydrogen-bond donors (Lipinski definition) is 1. The summed E-state index contributed by atoms with van der Waals surface area (Å²) in [6, 6.07) is 0. The second-order valence-electron chi connectivity index (χ2n) is 3.40. The summed E-state index contributed by atoms with van der Waals surface area (Å²) in [5.74, 6) is 0.847. The summed E-state index contributed by atoms with van der Waals surface area (Å²) in [5.41, 5.74) is 0.285. The van der Waals surface area contributed by atoms with Gasteiger partial charge in [0.05, 0.1) is 12.2 Å². The van der Waals surface area contributed by atoms with E-state index in [0.29, 0.717) is 0 Å². The molecular weight excluding hydrogens is 126 g/mol. The van der Waals surface area contributed by atoms with Crippen LogP contribution < -0.4 is 5.32 Å². The summed E-state index contributed by atoms with van der Waals surface area (Å²) in [6.45, 7) is 5.29. The molecule has 10 heavy (non-hydrogen) atoms. The Balaban J connectivity index is 1.92. The normalized spacial score (nSPS) is 45.9. The molecule has 1 aliphatic carbocycles. The molecule has 2 rings (SSSR count). The molecule has 0 radical (unpaired) electrons. The van der Waals surface area contributed by atoms with Gasteiger partial charge in [-0.15, -0.1) is 0 Å². The van der Waals surface area contributed by atoms with Gasteiger partial charge < -0.3 is 10.1 Å². The van der Waals surface area contributed by atoms with E-state index in [9.17, 15) is 0 Å². The molecule has 58 valence electrons. The van der Waals surface area contributed by atoms with Gasteiger partial charge in [-0.2, -0.15) is 0 Å². The van der Waals surface area contributed by atoms with Crippen LogP contribution in [0.5, 0.6) is 0 Å². The van der Waals surface area contributed by atoms with Gasteiger partial charge in [0.2, 0.25) is 0 Å². The van der Waals surface area contributed by atoms with Crippen molar-refractivity contribution in [2.75, 3.05) is 19.7 Å². The molecule has 0 bridgehead atoms. The van der Waals surface area contributed by atoms with Gasteiger partial charge in [0, 0.05) is 13.1 Å². The zero-order valence-corrected chi connectivity index (χ0v) is 6.52. The van der Waals surface area contributed by atoms with E-state index in [2.05, 4.69) is 12.2 Å². The maximum absolute atomic E-state index is 5.72. The van der Waals surface area contributed by atoms with Gasteiger partial charge in [0.25, 0.3) is 0 Å². The maximum Gasteiger partial charge on any atom is 0.0839 e. The quantitative estimate of drug-likeness (QED) is 0.582. The fourth-order valence-electron chi connectivity index (χ4n) is 1.95. The van der Waals surface area contributed by atoms with Gasteiger partial charge in [0.15, 0.2) is 0 Å². The van der Waals surface area contributed by atoms with Crippen LogP contribution in [-0.4, -0.2) is 25.3 Å². The Morgan fingerprint density at radius 3 is 3.10 bits per heavy atom. The highest BCUT2D eigenvalue weighted by Crippen LogP contribution is 2.49. The Hall–Kier alpha value is -0.0800. The van der Waals surface area contributed by atoms with Crippen LogP contribution in [0, 0.1) is 5.92 Å². The van der Waals surface area contributed by atoms with E-state index < -0.39 is 0 Å². The summed E-state index contributed by atoms with van der Waals surface area (Å²) in [4.78, 5) is 0. The summed E-state index contributed by atoms with van der Waals surface area (Å²) >= 11 is 0. The molecule has 1 heterocycles. The van der Waals surface area contributed by atoms with Gasteiger partial charge in [-0.1, -0.05) is 13.3 Å². The number of hydrogen-bond acceptors (Lipinski definition) is 2. The lowest BCUT2D eigenvalue weighted by molar-refractivity contribution is -0.00324. The zero-order chi connectivity index (χ0) is 7.03. The zero-order valence-electron chi connectivity index (χ0n) is 6.52. The summed E-state index contributed by atoms with van der Waals surface area (Å²) in [7, 11) is 0. The van der Waals surface area contributed by atoms with Crippen LogP contribution in [0.2, 0.25) is 0 Å². The molecule has 0 aromatic heterocycles. The van der Waals surface area contributed by atoms with Crippen LogP contribution in [0.4, 0.5) is 0 Å². The molecule has 1 aliphatic heterocycles. The third kappa shape index (κ3) is 0.867. The van der Waals surface area contributed by atoms with Gasteiger partial charge >= 0.3 is 0 Å². The van der Waals surface area contributed by atoms with E-state index in [-0.39, 0.29) is 5.60 Å². The lowest BCUT2D eigenvalue weighted by atomic mass is 10.2. The van der Waals surface area contributed by atoms with Crippen molar-refractivity contribution in [1.29, 1.82) is 0 Å². The van der Waals surface area contributed by atoms with E-state index in [4.69, 9.17) is 4.74 Å². The summed E-state index contributed by atoms with van der Waals surface area (Å²) in [5, 5.41) is 3.38. The molecule has 2 aliphatic rings. The topological polar surface area (TPSA) is 21.3 Å². The number of nitrogens with one attached hydrogen (secondary N) is 1. The first kappa shape index (κ1) is 6.62. The lowest BCUT2D eigenvalue weighted by Crippen LogP contribution is -2.41. The molecule has 0 aromatic rings. The molecule has 1 saturated carbocycles. The van der Waals surface area contributed by atoms with Gasteiger partial charge in [-0.3, -0.25) is 0 Å². The van der Waals surface area contributed by atoms with Gasteiger partial charge in [-0.25, -0.2) is 0 Å². The third-order valence-electron chi connectivity index (χ3n) is 2.76. The SMILES string of the molecule is CCC1CC12CNCCO2. The predicted octanol–water partition coefficient (Wildman–Crippen LogP) is 0.775. The average Bonchev–Trinajstić information content (AvgIpc) is 2.65. The van der Waals surface area contributed by atoms with Crippen molar-refractivity contribution < 1.29 is 4.74 Å². The third-order valence-corrected chi connectivity index (χ3v) is 2.76. The molecule has 2 fully saturated rings. The van der Waals surface area contributed by atoms with Crippen LogP contribution in [0.25, 0.3) is 0 Å². The first-order valence-corrected chi connectivity index (χ1v) is 4.22. The maximum atomic E-state index is 5.72. The number of rotatable bonds is 1. The van der Waals surface area contributed by atoms with Crippen molar-refractivity contribution >= 4 is 0 Å². The van der Waals surface area contributed by atoms with Crippen LogP contribution in [0.15, 0.2) is 0 Å². The molecule has 1 saturated heterocycles. The van der Waals surface area contributed by atoms with Crippen molar-refractivity contribution in [3.8, 4) is 0 Å². The Bertz CT molecular complexity index is 129. The largest absolute Gasteiger partial charge is 0.372 e. The molecule has 0 aromatic carbocycles. The van der Waals surface area contributed by atoms with E-state index in [0.717, 1.165) is 25.6 Å². The van der Waals surface area contributed by atoms with Crippen LogP contribution in [-0.2, 0) is 4.74 Å². The first-order valence-electron chi connectivity index (χ1n) is 4.22. The van der Waals surface area contributed by atoms with Crippen molar-refractivity contribution in [3.05, 3.63) is 0 Å². The van der Waals surface area contributed by atoms with Gasteiger partial charge in [-0.05, 0) is 12.3 Å². The fraction of sp³-hybridized carbons (Fsp3) is 1.00. The highest BCUT2D eigenvalue weighted by molar-refractivity contribution is 5.07. The summed E-state index contributed by atoms with van der Waals surface area (Å²) < 4.78 is 5.72. The molecule has 2 heteroatoms. The fourth-order valence-corrected chi connectivity index (χ4v) is 1.95. The molecule has 1 N–H and O–H groups in total. The molecule has 2 nitrogen and oxygen atoms in total. The van der Waals surface area contributed by atoms with Crippen molar-refractivity contribution in [1.82, 2.24) is 5.32 Å². The standard InChI is InChI=1S/C8H15NO/c1-2-7-5-8(7)6-9-3-4-10-8/h7,9H,2-6H2,1H3. The number of morpholine rings is 1. The van der Waals surface area contributed by atoms with Gasteiger partial charge in [0.1, 0.15) is 0 Å². The Kier molecular flexibility index (Phi) is 1.46. The van der Waals surface area contributed by atoms with E-state index in [1.54, 1.807) is 0 Å². The Morgan fingerprint density at radius 2 is 2.60 bits per heavy atom. The lowest BCUT2D eigenvalue weighted by Gasteiger charge is -2.24. The molecule has 0 amide bonds. The van der Waals surface area contributed by atoms with E-state index in [1.165, 1.54) is 12.8 Å². The minimum atomic E-state index is 0.285. The van der Waals surface area contributed by atoms with Crippen LogP contribution in [0.1, 0.15) is 19.8 Å². The predicted molar refractivity (Wildman–Crippen MR) is 40.0 cm³/mol. The second-order valence-corrected chi connectivity index (χ2v) is 3.40. The monoisotopic (exact) mass is 141 g/mol. The molecule has 1 spiro atoms. The first-order chi connectivity index (χ1) is 4.87. The Morgan fingerprint density at radius 1 is 1.70 bits per heavy atom. The van der Waals surface area contributed by atoms with E-state index in [1.807, 2.05) is 0 Å². The second kappa shape index (κ2) is 2.21. The minimum Gasteiger partial charge on any atom is -0.372 e. The number of ether oxygens (including phenoxy) is 1. The smallest absolute Gasteiger partial charge is 0.0839 e. The van der Waals surface area contributed by atoms with Crippen molar-refractivity contribution in [3.63, 3.8) is 0 Å². The Labute approximate surface area is 61.9 Å². The highest BCUT2D eigenvalue weighted by Gasteiger charge is 2.54. The molecule has 2 atom stereocenters. The van der Waals surface area contributed by atoms with E-state index >= 15 is 0 Å². The minimum absolute atomic E-state index is 0.285. The van der Waals surface area contributed by atoms with Crippen LogP contribution >= 0.6 is 0 Å².